The molecule has 0 spiro atoms. The minimum absolute atomic E-state index is 0.0404. The maximum absolute atomic E-state index is 13.1. The Kier molecular flexibility index (Phi) is 8.69. The number of thioether (sulfide) groups is 1. The Balaban J connectivity index is 1.78. The minimum Gasteiger partial charge on any atom is -0.345 e. The van der Waals surface area contributed by atoms with Gasteiger partial charge >= 0.3 is 0 Å². The molecule has 0 bridgehead atoms. The number of carbonyl (C=O) groups excluding carboxylic acids is 2. The fourth-order valence-electron chi connectivity index (χ4n) is 3.38. The summed E-state index contributed by atoms with van der Waals surface area (Å²) >= 11 is 7.28. The molecule has 1 N–H and O–H groups in total. The van der Waals surface area contributed by atoms with Crippen LogP contribution in [0.5, 0.6) is 0 Å². The molecule has 33 heavy (non-hydrogen) atoms. The van der Waals surface area contributed by atoms with Crippen molar-refractivity contribution in [1.29, 1.82) is 0 Å². The van der Waals surface area contributed by atoms with Crippen LogP contribution >= 0.6 is 23.4 Å². The van der Waals surface area contributed by atoms with E-state index in [1.807, 2.05) is 30.3 Å². The van der Waals surface area contributed by atoms with Crippen LogP contribution < -0.4 is 10.9 Å². The molecule has 3 rings (SSSR count). The molecule has 174 valence electrons. The van der Waals surface area contributed by atoms with Gasteiger partial charge in [0, 0.05) is 11.6 Å². The average molecular weight is 486 g/mol. The molecule has 1 aromatic heterocycles. The molecule has 2 aromatic carbocycles. The Morgan fingerprint density at radius 2 is 1.88 bits per heavy atom. The predicted molar refractivity (Wildman–Crippen MR) is 134 cm³/mol. The Hall–Kier alpha value is -2.64. The number of carbonyl (C=O) groups is 2. The number of fused-ring (bicyclic) bond motifs is 1. The number of nitrogens with zero attached hydrogens (tertiary/aromatic N) is 2. The normalized spacial score (nSPS) is 12.2. The highest BCUT2D eigenvalue weighted by Gasteiger charge is 2.19. The van der Waals surface area contributed by atoms with E-state index < -0.39 is 6.04 Å². The monoisotopic (exact) mass is 485 g/mol. The number of benzene rings is 2. The summed E-state index contributed by atoms with van der Waals surface area (Å²) in [6.07, 6.45) is 1.24. The maximum Gasteiger partial charge on any atom is 0.262 e. The van der Waals surface area contributed by atoms with Crippen LogP contribution in [-0.2, 0) is 22.6 Å². The Bertz CT molecular complexity index is 1190. The minimum atomic E-state index is -0.605. The van der Waals surface area contributed by atoms with Crippen LogP contribution in [0.2, 0.25) is 5.02 Å². The number of aromatic nitrogens is 2. The van der Waals surface area contributed by atoms with E-state index in [4.69, 9.17) is 11.6 Å². The zero-order valence-corrected chi connectivity index (χ0v) is 20.6. The largest absolute Gasteiger partial charge is 0.345 e. The van der Waals surface area contributed by atoms with Crippen LogP contribution in [0, 0.1) is 5.92 Å². The average Bonchev–Trinajstić information content (AvgIpc) is 2.77. The van der Waals surface area contributed by atoms with Crippen LogP contribution in [-0.4, -0.2) is 33.0 Å². The molecule has 3 aromatic rings. The second-order valence-electron chi connectivity index (χ2n) is 8.40. The van der Waals surface area contributed by atoms with Gasteiger partial charge in [-0.3, -0.25) is 19.0 Å². The summed E-state index contributed by atoms with van der Waals surface area (Å²) in [5.74, 6) is 0.0587. The molecule has 0 aliphatic carbocycles. The van der Waals surface area contributed by atoms with Gasteiger partial charge in [0.05, 0.1) is 22.7 Å². The lowest BCUT2D eigenvalue weighted by atomic mass is 10.0. The van der Waals surface area contributed by atoms with Crippen molar-refractivity contribution >= 4 is 46.0 Å². The van der Waals surface area contributed by atoms with Crippen molar-refractivity contribution in [2.75, 3.05) is 5.75 Å². The van der Waals surface area contributed by atoms with Gasteiger partial charge in [0.25, 0.3) is 5.56 Å². The fourth-order valence-corrected chi connectivity index (χ4v) is 4.38. The summed E-state index contributed by atoms with van der Waals surface area (Å²) in [5, 5.41) is 4.28. The van der Waals surface area contributed by atoms with E-state index >= 15 is 0 Å². The molecule has 6 nitrogen and oxygen atoms in total. The first-order valence-corrected chi connectivity index (χ1v) is 12.3. The van der Waals surface area contributed by atoms with Crippen LogP contribution in [0.4, 0.5) is 0 Å². The third kappa shape index (κ3) is 6.92. The summed E-state index contributed by atoms with van der Waals surface area (Å²) in [6, 6.07) is 14.0. The van der Waals surface area contributed by atoms with E-state index in [0.717, 1.165) is 12.0 Å². The van der Waals surface area contributed by atoms with Gasteiger partial charge in [0.15, 0.2) is 10.9 Å². The first-order valence-electron chi connectivity index (χ1n) is 10.9. The second kappa shape index (κ2) is 11.5. The number of ketones is 1. The van der Waals surface area contributed by atoms with Crippen molar-refractivity contribution < 1.29 is 9.59 Å². The van der Waals surface area contributed by atoms with Crippen molar-refractivity contribution in [3.05, 3.63) is 69.5 Å². The Morgan fingerprint density at radius 1 is 1.15 bits per heavy atom. The lowest BCUT2D eigenvalue weighted by Gasteiger charge is -2.17. The fraction of sp³-hybridized carbons (Fsp3) is 0.360. The molecule has 1 heterocycles. The number of Topliss-reactive ketones (excluding diaryl/α,β-unsaturated/α-hetero) is 1. The molecule has 0 saturated carbocycles. The summed E-state index contributed by atoms with van der Waals surface area (Å²) in [5.41, 5.74) is 1.33. The van der Waals surface area contributed by atoms with Crippen molar-refractivity contribution in [3.63, 3.8) is 0 Å². The Morgan fingerprint density at radius 3 is 2.55 bits per heavy atom. The van der Waals surface area contributed by atoms with E-state index in [1.54, 1.807) is 22.8 Å². The second-order valence-corrected chi connectivity index (χ2v) is 9.78. The zero-order valence-electron chi connectivity index (χ0n) is 19.0. The number of halogens is 1. The number of rotatable bonds is 10. The van der Waals surface area contributed by atoms with Gasteiger partial charge in [-0.1, -0.05) is 67.5 Å². The first-order chi connectivity index (χ1) is 15.7. The molecular formula is C25H28ClN3O3S. The summed E-state index contributed by atoms with van der Waals surface area (Å²) in [6.45, 7) is 6.16. The number of nitrogens with one attached hydrogen (secondary N) is 1. The lowest BCUT2D eigenvalue weighted by Crippen LogP contribution is -2.42. The van der Waals surface area contributed by atoms with Crippen LogP contribution in [0.25, 0.3) is 10.9 Å². The lowest BCUT2D eigenvalue weighted by molar-refractivity contribution is -0.125. The SMILES string of the molecule is CC(=O)C(Cc1ccccc1)NC(=O)CSc1nc2cc(Cl)ccc2c(=O)n1CCC(C)C. The van der Waals surface area contributed by atoms with E-state index in [1.165, 1.54) is 18.7 Å². The molecular weight excluding hydrogens is 458 g/mol. The van der Waals surface area contributed by atoms with Gasteiger partial charge in [0.2, 0.25) is 5.91 Å². The number of hydrogen-bond donors (Lipinski definition) is 1. The molecule has 8 heteroatoms. The number of hydrogen-bond acceptors (Lipinski definition) is 5. The predicted octanol–water partition coefficient (Wildman–Crippen LogP) is 4.50. The van der Waals surface area contributed by atoms with E-state index in [0.29, 0.717) is 40.0 Å². The van der Waals surface area contributed by atoms with Crippen LogP contribution in [0.15, 0.2) is 58.5 Å². The van der Waals surface area contributed by atoms with Gasteiger partial charge in [-0.25, -0.2) is 4.98 Å². The third-order valence-electron chi connectivity index (χ3n) is 5.25. The van der Waals surface area contributed by atoms with Crippen LogP contribution in [0.3, 0.4) is 0 Å². The summed E-state index contributed by atoms with van der Waals surface area (Å²) in [4.78, 5) is 42.5. The van der Waals surface area contributed by atoms with Gasteiger partial charge < -0.3 is 5.32 Å². The molecule has 1 amide bonds. The first kappa shape index (κ1) is 25.0. The maximum atomic E-state index is 13.1. The third-order valence-corrected chi connectivity index (χ3v) is 6.46. The van der Waals surface area contributed by atoms with Crippen molar-refractivity contribution in [2.24, 2.45) is 5.92 Å². The van der Waals surface area contributed by atoms with E-state index in [-0.39, 0.29) is 23.0 Å². The molecule has 0 fully saturated rings. The van der Waals surface area contributed by atoms with Crippen molar-refractivity contribution in [2.45, 2.75) is 51.4 Å². The molecule has 0 radical (unpaired) electrons. The van der Waals surface area contributed by atoms with E-state index in [2.05, 4.69) is 24.1 Å². The van der Waals surface area contributed by atoms with Gasteiger partial charge in [-0.05, 0) is 49.4 Å². The summed E-state index contributed by atoms with van der Waals surface area (Å²) < 4.78 is 1.63. The highest BCUT2D eigenvalue weighted by molar-refractivity contribution is 7.99. The topological polar surface area (TPSA) is 81.1 Å². The van der Waals surface area contributed by atoms with Gasteiger partial charge in [-0.2, -0.15) is 0 Å². The number of amides is 1. The molecule has 1 atom stereocenters. The Labute approximate surface area is 202 Å². The van der Waals surface area contributed by atoms with Crippen molar-refractivity contribution in [1.82, 2.24) is 14.9 Å². The highest BCUT2D eigenvalue weighted by atomic mass is 35.5. The molecule has 0 aliphatic rings. The smallest absolute Gasteiger partial charge is 0.262 e. The van der Waals surface area contributed by atoms with Gasteiger partial charge in [0.1, 0.15) is 0 Å². The zero-order chi connectivity index (χ0) is 24.0. The molecule has 0 aliphatic heterocycles. The van der Waals surface area contributed by atoms with Crippen LogP contribution in [0.1, 0.15) is 32.8 Å². The summed E-state index contributed by atoms with van der Waals surface area (Å²) in [7, 11) is 0. The standard InChI is InChI=1S/C25H28ClN3O3S/c1-16(2)11-12-29-24(32)20-10-9-19(26)14-22(20)28-25(29)33-15-23(31)27-21(17(3)30)13-18-7-5-4-6-8-18/h4-10,14,16,21H,11-13,15H2,1-3H3,(H,27,31). The highest BCUT2D eigenvalue weighted by Crippen LogP contribution is 2.21. The molecule has 1 unspecified atom stereocenters. The van der Waals surface area contributed by atoms with E-state index in [9.17, 15) is 14.4 Å². The quantitative estimate of drug-likeness (QED) is 0.337. The molecule has 0 saturated heterocycles. The van der Waals surface area contributed by atoms with Crippen molar-refractivity contribution in [3.8, 4) is 0 Å². The van der Waals surface area contributed by atoms with Gasteiger partial charge in [-0.15, -0.1) is 0 Å².